The Balaban J connectivity index is 4.04. The lowest BCUT2D eigenvalue weighted by Crippen LogP contribution is -2.36. The molecular formula is C8H18ClNO4S. The van der Waals surface area contributed by atoms with Crippen LogP contribution in [0.25, 0.3) is 0 Å². The third kappa shape index (κ3) is 7.08. The van der Waals surface area contributed by atoms with Gasteiger partial charge in [-0.05, 0) is 5.92 Å². The van der Waals surface area contributed by atoms with Gasteiger partial charge < -0.3 is 9.47 Å². The summed E-state index contributed by atoms with van der Waals surface area (Å²) in [6.45, 7) is 1.88. The molecule has 5 nitrogen and oxygen atoms in total. The standard InChI is InChI=1S/C8H18ClNO4S/c1-7(4-9)6-15(11,12)10-5-8(13-2)14-3/h7-8,10H,4-6H2,1-3H3. The molecule has 0 aliphatic rings. The van der Waals surface area contributed by atoms with Crippen molar-refractivity contribution in [1.82, 2.24) is 4.72 Å². The maximum Gasteiger partial charge on any atom is 0.212 e. The highest BCUT2D eigenvalue weighted by Gasteiger charge is 2.16. The highest BCUT2D eigenvalue weighted by molar-refractivity contribution is 7.89. The van der Waals surface area contributed by atoms with Crippen LogP contribution in [0.2, 0.25) is 0 Å². The summed E-state index contributed by atoms with van der Waals surface area (Å²) in [7, 11) is -0.406. The molecule has 1 unspecified atom stereocenters. The summed E-state index contributed by atoms with van der Waals surface area (Å²) in [6.07, 6.45) is -0.564. The SMILES string of the molecule is COC(CNS(=O)(=O)CC(C)CCl)OC. The zero-order valence-electron chi connectivity index (χ0n) is 9.20. The maximum absolute atomic E-state index is 11.5. The third-order valence-corrected chi connectivity index (χ3v) is 3.90. The molecule has 1 atom stereocenters. The van der Waals surface area contributed by atoms with E-state index in [1.807, 2.05) is 0 Å². The van der Waals surface area contributed by atoms with Crippen molar-refractivity contribution in [3.8, 4) is 0 Å². The van der Waals surface area contributed by atoms with E-state index in [9.17, 15) is 8.42 Å². The minimum absolute atomic E-state index is 0.0106. The van der Waals surface area contributed by atoms with Crippen molar-refractivity contribution in [2.24, 2.45) is 5.92 Å². The third-order valence-electron chi connectivity index (χ3n) is 1.76. The second kappa shape index (κ2) is 7.40. The summed E-state index contributed by atoms with van der Waals surface area (Å²) < 4.78 is 35.0. The Labute approximate surface area is 96.1 Å². The molecule has 15 heavy (non-hydrogen) atoms. The maximum atomic E-state index is 11.5. The minimum Gasteiger partial charge on any atom is -0.355 e. The van der Waals surface area contributed by atoms with Gasteiger partial charge in [0, 0.05) is 20.1 Å². The monoisotopic (exact) mass is 259 g/mol. The van der Waals surface area contributed by atoms with Crippen molar-refractivity contribution in [3.63, 3.8) is 0 Å². The topological polar surface area (TPSA) is 64.6 Å². The molecule has 0 radical (unpaired) electrons. The van der Waals surface area contributed by atoms with Crippen molar-refractivity contribution in [3.05, 3.63) is 0 Å². The molecule has 0 saturated heterocycles. The zero-order chi connectivity index (χ0) is 11.9. The van der Waals surface area contributed by atoms with E-state index in [1.54, 1.807) is 6.92 Å². The van der Waals surface area contributed by atoms with E-state index in [0.717, 1.165) is 0 Å². The van der Waals surface area contributed by atoms with E-state index in [1.165, 1.54) is 14.2 Å². The summed E-state index contributed by atoms with van der Waals surface area (Å²) in [5.41, 5.74) is 0. The molecule has 7 heteroatoms. The normalized spacial score (nSPS) is 14.5. The molecule has 0 aliphatic carbocycles. The van der Waals surface area contributed by atoms with E-state index in [4.69, 9.17) is 21.1 Å². The molecule has 1 N–H and O–H groups in total. The summed E-state index contributed by atoms with van der Waals surface area (Å²) in [5, 5.41) is 0. The van der Waals surface area contributed by atoms with Gasteiger partial charge in [0.15, 0.2) is 6.29 Å². The van der Waals surface area contributed by atoms with E-state index in [2.05, 4.69) is 4.72 Å². The lowest BCUT2D eigenvalue weighted by molar-refractivity contribution is -0.0960. The number of ether oxygens (including phenoxy) is 2. The van der Waals surface area contributed by atoms with Crippen LogP contribution < -0.4 is 4.72 Å². The summed E-state index contributed by atoms with van der Waals surface area (Å²) >= 11 is 5.53. The first kappa shape index (κ1) is 15.1. The van der Waals surface area contributed by atoms with Gasteiger partial charge in [-0.3, -0.25) is 0 Å². The molecule has 0 heterocycles. The van der Waals surface area contributed by atoms with Crippen molar-refractivity contribution in [2.75, 3.05) is 32.4 Å². The minimum atomic E-state index is -3.30. The molecule has 0 aromatic carbocycles. The highest BCUT2D eigenvalue weighted by Crippen LogP contribution is 2.02. The Morgan fingerprint density at radius 3 is 2.27 bits per heavy atom. The fourth-order valence-electron chi connectivity index (χ4n) is 0.936. The highest BCUT2D eigenvalue weighted by atomic mass is 35.5. The summed E-state index contributed by atoms with van der Waals surface area (Å²) in [4.78, 5) is 0. The first-order chi connectivity index (χ1) is 6.95. The average molecular weight is 260 g/mol. The number of nitrogens with one attached hydrogen (secondary N) is 1. The van der Waals surface area contributed by atoms with Crippen LogP contribution >= 0.6 is 11.6 Å². The Morgan fingerprint density at radius 2 is 1.87 bits per heavy atom. The van der Waals surface area contributed by atoms with Crippen molar-refractivity contribution in [1.29, 1.82) is 0 Å². The second-order valence-electron chi connectivity index (χ2n) is 3.29. The second-order valence-corrected chi connectivity index (χ2v) is 5.45. The van der Waals surface area contributed by atoms with Crippen LogP contribution in [-0.2, 0) is 19.5 Å². The van der Waals surface area contributed by atoms with Crippen LogP contribution in [0.1, 0.15) is 6.92 Å². The molecule has 0 rings (SSSR count). The molecule has 0 saturated carbocycles. The van der Waals surface area contributed by atoms with E-state index < -0.39 is 16.3 Å². The first-order valence-electron chi connectivity index (χ1n) is 4.54. The fraction of sp³-hybridized carbons (Fsp3) is 1.00. The van der Waals surface area contributed by atoms with Gasteiger partial charge in [0.1, 0.15) is 0 Å². The van der Waals surface area contributed by atoms with Gasteiger partial charge in [-0.1, -0.05) is 6.92 Å². The zero-order valence-corrected chi connectivity index (χ0v) is 10.8. The molecule has 0 fully saturated rings. The van der Waals surface area contributed by atoms with E-state index >= 15 is 0 Å². The quantitative estimate of drug-likeness (QED) is 0.506. The van der Waals surface area contributed by atoms with E-state index in [0.29, 0.717) is 5.88 Å². The van der Waals surface area contributed by atoms with Crippen molar-refractivity contribution in [2.45, 2.75) is 13.2 Å². The number of sulfonamides is 1. The predicted octanol–water partition coefficient (Wildman–Crippen LogP) is 0.400. The van der Waals surface area contributed by atoms with Crippen LogP contribution in [0.3, 0.4) is 0 Å². The van der Waals surface area contributed by atoms with Gasteiger partial charge in [-0.2, -0.15) is 0 Å². The smallest absolute Gasteiger partial charge is 0.212 e. The van der Waals surface area contributed by atoms with Crippen LogP contribution in [0.5, 0.6) is 0 Å². The number of rotatable bonds is 8. The molecular weight excluding hydrogens is 242 g/mol. The van der Waals surface area contributed by atoms with Gasteiger partial charge in [0.05, 0.1) is 12.3 Å². The molecule has 0 aliphatic heterocycles. The van der Waals surface area contributed by atoms with Crippen LogP contribution in [-0.4, -0.2) is 47.1 Å². The first-order valence-corrected chi connectivity index (χ1v) is 6.72. The summed E-state index contributed by atoms with van der Waals surface area (Å²) in [5.74, 6) is 0.253. The van der Waals surface area contributed by atoms with Crippen LogP contribution in [0.4, 0.5) is 0 Å². The Hall–Kier alpha value is 0.120. The molecule has 0 bridgehead atoms. The number of halogens is 1. The molecule has 0 aromatic rings. The average Bonchev–Trinajstić information content (AvgIpc) is 2.18. The van der Waals surface area contributed by atoms with Crippen LogP contribution in [0.15, 0.2) is 0 Å². The molecule has 0 amide bonds. The molecule has 92 valence electrons. The summed E-state index contributed by atoms with van der Waals surface area (Å²) in [6, 6.07) is 0. The van der Waals surface area contributed by atoms with Gasteiger partial charge in [0.25, 0.3) is 0 Å². The fourth-order valence-corrected chi connectivity index (χ4v) is 2.55. The van der Waals surface area contributed by atoms with Gasteiger partial charge in [-0.25, -0.2) is 13.1 Å². The Kier molecular flexibility index (Phi) is 7.46. The number of methoxy groups -OCH3 is 2. The van der Waals surface area contributed by atoms with Gasteiger partial charge in [0.2, 0.25) is 10.0 Å². The molecule has 0 aromatic heterocycles. The van der Waals surface area contributed by atoms with Crippen molar-refractivity contribution >= 4 is 21.6 Å². The number of hydrogen-bond donors (Lipinski definition) is 1. The molecule has 0 spiro atoms. The lowest BCUT2D eigenvalue weighted by atomic mass is 10.3. The number of alkyl halides is 1. The van der Waals surface area contributed by atoms with Crippen LogP contribution in [0, 0.1) is 5.92 Å². The van der Waals surface area contributed by atoms with Gasteiger partial charge in [-0.15, -0.1) is 11.6 Å². The lowest BCUT2D eigenvalue weighted by Gasteiger charge is -2.15. The number of hydrogen-bond acceptors (Lipinski definition) is 4. The van der Waals surface area contributed by atoms with Gasteiger partial charge >= 0.3 is 0 Å². The largest absolute Gasteiger partial charge is 0.355 e. The Morgan fingerprint density at radius 1 is 1.33 bits per heavy atom. The van der Waals surface area contributed by atoms with E-state index in [-0.39, 0.29) is 18.2 Å². The van der Waals surface area contributed by atoms with Crippen molar-refractivity contribution < 1.29 is 17.9 Å². The Bertz CT molecular complexity index is 253. The predicted molar refractivity (Wildman–Crippen MR) is 59.5 cm³/mol.